The molecule has 2 aromatic rings. The molecular formula is C13H6F6O3. The van der Waals surface area contributed by atoms with Gasteiger partial charge in [0.1, 0.15) is 11.3 Å². The van der Waals surface area contributed by atoms with Gasteiger partial charge in [-0.1, -0.05) is 12.1 Å². The monoisotopic (exact) mass is 324 g/mol. The number of halogens is 6. The highest BCUT2D eigenvalue weighted by molar-refractivity contribution is 5.90. The molecule has 0 atom stereocenters. The largest absolute Gasteiger partial charge is 0.478 e. The van der Waals surface area contributed by atoms with Gasteiger partial charge in [-0.3, -0.25) is 0 Å². The fraction of sp³-hybridized carbons (Fsp3) is 0.154. The molecule has 118 valence electrons. The summed E-state index contributed by atoms with van der Waals surface area (Å²) in [5, 5.41) is 8.73. The molecule has 0 unspecified atom stereocenters. The molecule has 0 spiro atoms. The fourth-order valence-corrected chi connectivity index (χ4v) is 1.73. The smallest absolute Gasteiger partial charge is 0.450 e. The number of rotatable bonds is 2. The molecule has 0 aliphatic heterocycles. The molecule has 2 rings (SSSR count). The molecule has 0 saturated heterocycles. The van der Waals surface area contributed by atoms with Crippen molar-refractivity contribution >= 4 is 5.97 Å². The average Bonchev–Trinajstić information content (AvgIpc) is 2.83. The molecule has 1 N–H and O–H groups in total. The van der Waals surface area contributed by atoms with Crippen LogP contribution in [0.4, 0.5) is 26.3 Å². The van der Waals surface area contributed by atoms with Crippen molar-refractivity contribution in [2.75, 3.05) is 0 Å². The van der Waals surface area contributed by atoms with Gasteiger partial charge in [-0.25, -0.2) is 4.79 Å². The van der Waals surface area contributed by atoms with Gasteiger partial charge in [-0.15, -0.1) is 0 Å². The second kappa shape index (κ2) is 5.08. The van der Waals surface area contributed by atoms with E-state index in [1.165, 1.54) is 0 Å². The first-order chi connectivity index (χ1) is 10.00. The summed E-state index contributed by atoms with van der Waals surface area (Å²) in [6.07, 6.45) is -9.62. The Bertz CT molecular complexity index is 694. The van der Waals surface area contributed by atoms with E-state index in [1.807, 2.05) is 0 Å². The SMILES string of the molecule is O=C(O)c1cc(-c2ccc(C(F)(F)F)cc2)oc1C(F)(F)F. The number of carbonyl (C=O) groups is 1. The van der Waals surface area contributed by atoms with E-state index in [0.29, 0.717) is 18.2 Å². The van der Waals surface area contributed by atoms with Crippen LogP contribution < -0.4 is 0 Å². The van der Waals surface area contributed by atoms with Gasteiger partial charge < -0.3 is 9.52 Å². The quantitative estimate of drug-likeness (QED) is 0.816. The summed E-state index contributed by atoms with van der Waals surface area (Å²) >= 11 is 0. The number of hydrogen-bond donors (Lipinski definition) is 1. The van der Waals surface area contributed by atoms with Crippen LogP contribution in [0.25, 0.3) is 11.3 Å². The van der Waals surface area contributed by atoms with Crippen LogP contribution in [0.2, 0.25) is 0 Å². The Hall–Kier alpha value is -2.45. The van der Waals surface area contributed by atoms with Crippen molar-refractivity contribution in [2.45, 2.75) is 12.4 Å². The highest BCUT2D eigenvalue weighted by Crippen LogP contribution is 2.38. The minimum absolute atomic E-state index is 0.106. The predicted octanol–water partition coefficient (Wildman–Crippen LogP) is 4.68. The molecule has 9 heteroatoms. The molecule has 0 radical (unpaired) electrons. The number of alkyl halides is 6. The van der Waals surface area contributed by atoms with Crippen molar-refractivity contribution in [3.63, 3.8) is 0 Å². The van der Waals surface area contributed by atoms with Gasteiger partial charge in [0.15, 0.2) is 0 Å². The highest BCUT2D eigenvalue weighted by Gasteiger charge is 2.40. The Morgan fingerprint density at radius 3 is 1.86 bits per heavy atom. The summed E-state index contributed by atoms with van der Waals surface area (Å²) in [5.74, 6) is -4.05. The molecule has 0 aliphatic rings. The molecule has 0 fully saturated rings. The van der Waals surface area contributed by atoms with Crippen molar-refractivity contribution in [1.82, 2.24) is 0 Å². The first kappa shape index (κ1) is 15.9. The number of furan rings is 1. The third-order valence-corrected chi connectivity index (χ3v) is 2.72. The zero-order chi connectivity index (χ0) is 16.7. The van der Waals surface area contributed by atoms with Crippen LogP contribution in [0.5, 0.6) is 0 Å². The topological polar surface area (TPSA) is 50.4 Å². The normalized spacial score (nSPS) is 12.5. The Balaban J connectivity index is 2.48. The van der Waals surface area contributed by atoms with Crippen LogP contribution in [0.3, 0.4) is 0 Å². The van der Waals surface area contributed by atoms with E-state index in [2.05, 4.69) is 4.42 Å². The number of hydrogen-bond acceptors (Lipinski definition) is 2. The summed E-state index contributed by atoms with van der Waals surface area (Å²) in [6.45, 7) is 0. The van der Waals surface area contributed by atoms with Crippen molar-refractivity contribution in [2.24, 2.45) is 0 Å². The third-order valence-electron chi connectivity index (χ3n) is 2.72. The van der Waals surface area contributed by atoms with E-state index in [4.69, 9.17) is 5.11 Å². The van der Waals surface area contributed by atoms with Crippen LogP contribution >= 0.6 is 0 Å². The maximum Gasteiger partial charge on any atom is 0.450 e. The summed E-state index contributed by atoms with van der Waals surface area (Å²) in [4.78, 5) is 10.8. The standard InChI is InChI=1S/C13H6F6O3/c14-12(15,16)7-3-1-6(2-4-7)9-5-8(11(20)21)10(22-9)13(17,18)19/h1-5H,(H,20,21). The molecule has 22 heavy (non-hydrogen) atoms. The van der Waals surface area contributed by atoms with Crippen molar-refractivity contribution in [3.05, 3.63) is 47.2 Å². The van der Waals surface area contributed by atoms with Gasteiger partial charge >= 0.3 is 18.3 Å². The molecule has 0 saturated carbocycles. The summed E-state index contributed by atoms with van der Waals surface area (Å²) in [7, 11) is 0. The van der Waals surface area contributed by atoms with Crippen molar-refractivity contribution in [1.29, 1.82) is 0 Å². The summed E-state index contributed by atoms with van der Waals surface area (Å²) in [6, 6.07) is 3.73. The Kier molecular flexibility index (Phi) is 3.68. The summed E-state index contributed by atoms with van der Waals surface area (Å²) in [5.41, 5.74) is -2.20. The van der Waals surface area contributed by atoms with E-state index in [-0.39, 0.29) is 5.56 Å². The van der Waals surface area contributed by atoms with Gasteiger partial charge in [-0.2, -0.15) is 26.3 Å². The van der Waals surface area contributed by atoms with Crippen LogP contribution in [-0.4, -0.2) is 11.1 Å². The maximum absolute atomic E-state index is 12.7. The second-order valence-corrected chi connectivity index (χ2v) is 4.23. The molecule has 1 heterocycles. The molecule has 0 bridgehead atoms. The Morgan fingerprint density at radius 1 is 0.955 bits per heavy atom. The fourth-order valence-electron chi connectivity index (χ4n) is 1.73. The van der Waals surface area contributed by atoms with E-state index in [0.717, 1.165) is 12.1 Å². The minimum atomic E-state index is -5.03. The van der Waals surface area contributed by atoms with Crippen LogP contribution in [0.1, 0.15) is 21.7 Å². The predicted molar refractivity (Wildman–Crippen MR) is 61.1 cm³/mol. The zero-order valence-corrected chi connectivity index (χ0v) is 10.4. The van der Waals surface area contributed by atoms with Crippen molar-refractivity contribution < 1.29 is 40.7 Å². The van der Waals surface area contributed by atoms with Crippen LogP contribution in [-0.2, 0) is 12.4 Å². The van der Waals surface area contributed by atoms with E-state index in [9.17, 15) is 31.1 Å². The number of benzene rings is 1. The molecule has 1 aromatic carbocycles. The van der Waals surface area contributed by atoms with Gasteiger partial charge in [-0.05, 0) is 18.2 Å². The van der Waals surface area contributed by atoms with Gasteiger partial charge in [0, 0.05) is 5.56 Å². The van der Waals surface area contributed by atoms with Gasteiger partial charge in [0.25, 0.3) is 0 Å². The third kappa shape index (κ3) is 3.07. The van der Waals surface area contributed by atoms with E-state index >= 15 is 0 Å². The average molecular weight is 324 g/mol. The number of carboxylic acid groups (broad SMARTS) is 1. The minimum Gasteiger partial charge on any atom is -0.478 e. The van der Waals surface area contributed by atoms with Crippen LogP contribution in [0, 0.1) is 0 Å². The molecule has 0 amide bonds. The zero-order valence-electron chi connectivity index (χ0n) is 10.4. The maximum atomic E-state index is 12.7. The lowest BCUT2D eigenvalue weighted by molar-refractivity contribution is -0.153. The van der Waals surface area contributed by atoms with Gasteiger partial charge in [0.05, 0.1) is 5.56 Å². The molecular weight excluding hydrogens is 318 g/mol. The molecule has 1 aromatic heterocycles. The van der Waals surface area contributed by atoms with Gasteiger partial charge in [0.2, 0.25) is 5.76 Å². The molecule has 0 aliphatic carbocycles. The van der Waals surface area contributed by atoms with E-state index in [1.54, 1.807) is 0 Å². The first-order valence-electron chi connectivity index (χ1n) is 5.62. The van der Waals surface area contributed by atoms with E-state index < -0.39 is 41.0 Å². The number of carboxylic acids is 1. The van der Waals surface area contributed by atoms with Crippen LogP contribution in [0.15, 0.2) is 34.7 Å². The first-order valence-corrected chi connectivity index (χ1v) is 5.62. The Morgan fingerprint density at radius 2 is 1.50 bits per heavy atom. The van der Waals surface area contributed by atoms with Crippen molar-refractivity contribution in [3.8, 4) is 11.3 Å². The lowest BCUT2D eigenvalue weighted by Gasteiger charge is -2.06. The lowest BCUT2D eigenvalue weighted by atomic mass is 10.1. The summed E-state index contributed by atoms with van der Waals surface area (Å²) < 4.78 is 79.6. The highest BCUT2D eigenvalue weighted by atomic mass is 19.4. The second-order valence-electron chi connectivity index (χ2n) is 4.23. The Labute approximate surface area is 118 Å². The lowest BCUT2D eigenvalue weighted by Crippen LogP contribution is -2.09. The molecule has 3 nitrogen and oxygen atoms in total. The number of aromatic carboxylic acids is 1.